The summed E-state index contributed by atoms with van der Waals surface area (Å²) in [4.78, 5) is 0. The van der Waals surface area contributed by atoms with Crippen LogP contribution in [0.5, 0.6) is 0 Å². The van der Waals surface area contributed by atoms with E-state index in [9.17, 15) is 15.3 Å². The van der Waals surface area contributed by atoms with Crippen LogP contribution in [0.2, 0.25) is 0 Å². The van der Waals surface area contributed by atoms with Crippen molar-refractivity contribution in [3.8, 4) is 11.8 Å². The largest absolute Gasteiger partial charge is 0.393 e. The van der Waals surface area contributed by atoms with Gasteiger partial charge in [0.2, 0.25) is 0 Å². The Labute approximate surface area is 249 Å². The molecule has 7 unspecified atom stereocenters. The quantitative estimate of drug-likeness (QED) is 0.246. The van der Waals surface area contributed by atoms with Crippen LogP contribution in [-0.4, -0.2) is 39.2 Å². The second kappa shape index (κ2) is 11.6. The maximum absolute atomic E-state index is 12.8. The lowest BCUT2D eigenvalue weighted by molar-refractivity contribution is -0.273. The maximum Gasteiger partial charge on any atom is 0.134 e. The minimum Gasteiger partial charge on any atom is -0.393 e. The molecule has 4 aliphatic carbocycles. The van der Waals surface area contributed by atoms with E-state index in [2.05, 4.69) is 65.5 Å². The highest BCUT2D eigenvalue weighted by Crippen LogP contribution is 2.74. The number of hydrogen-bond acceptors (Lipinski definition) is 4. The monoisotopic (exact) mass is 564 g/mol. The van der Waals surface area contributed by atoms with E-state index in [1.165, 1.54) is 0 Å². The zero-order valence-electron chi connectivity index (χ0n) is 26.5. The van der Waals surface area contributed by atoms with Crippen molar-refractivity contribution in [2.75, 3.05) is 6.61 Å². The Morgan fingerprint density at radius 1 is 0.854 bits per heavy atom. The number of aliphatic hydroxyl groups is 3. The molecule has 4 heteroatoms. The van der Waals surface area contributed by atoms with Gasteiger partial charge in [-0.05, 0) is 78.6 Å². The Morgan fingerprint density at radius 2 is 1.51 bits per heavy atom. The molecule has 0 amide bonds. The van der Waals surface area contributed by atoms with Crippen LogP contribution in [0.3, 0.4) is 0 Å². The Hall–Kier alpha value is -1.38. The first-order valence-corrected chi connectivity index (χ1v) is 16.8. The van der Waals surface area contributed by atoms with Crippen LogP contribution in [0.4, 0.5) is 0 Å². The molecular formula is C37H56O4. The minimum atomic E-state index is -1.05. The predicted octanol–water partition coefficient (Wildman–Crippen LogP) is 7.00. The molecule has 5 rings (SSSR count). The maximum atomic E-state index is 12.8. The number of aliphatic hydroxyl groups excluding tert-OH is 1. The normalized spacial score (nSPS) is 47.0. The van der Waals surface area contributed by atoms with E-state index in [0.29, 0.717) is 49.2 Å². The molecule has 0 bridgehead atoms. The molecule has 0 spiro atoms. The molecule has 4 aliphatic rings. The molecule has 0 saturated heterocycles. The van der Waals surface area contributed by atoms with Crippen LogP contribution >= 0.6 is 0 Å². The van der Waals surface area contributed by atoms with E-state index in [-0.39, 0.29) is 22.7 Å². The predicted molar refractivity (Wildman–Crippen MR) is 165 cm³/mol. The van der Waals surface area contributed by atoms with E-state index in [1.54, 1.807) is 0 Å². The van der Waals surface area contributed by atoms with Crippen molar-refractivity contribution in [2.45, 2.75) is 123 Å². The molecule has 1 aromatic rings. The Morgan fingerprint density at radius 3 is 2.15 bits per heavy atom. The number of rotatable bonds is 7. The molecule has 0 radical (unpaired) electrons. The molecule has 0 aromatic heterocycles. The summed E-state index contributed by atoms with van der Waals surface area (Å²) in [6.45, 7) is 14.7. The molecule has 12 atom stereocenters. The second-order valence-corrected chi connectivity index (χ2v) is 14.6. The van der Waals surface area contributed by atoms with Gasteiger partial charge in [-0.25, -0.2) is 0 Å². The molecule has 4 fully saturated rings. The molecule has 0 heterocycles. The van der Waals surface area contributed by atoms with E-state index in [0.717, 1.165) is 56.9 Å². The lowest BCUT2D eigenvalue weighted by Gasteiger charge is -2.69. The Kier molecular flexibility index (Phi) is 8.79. The van der Waals surface area contributed by atoms with Crippen molar-refractivity contribution < 1.29 is 20.1 Å². The number of fused-ring (bicyclic) bond motifs is 5. The lowest BCUT2D eigenvalue weighted by Crippen LogP contribution is -2.70. The van der Waals surface area contributed by atoms with Crippen LogP contribution in [0.1, 0.15) is 105 Å². The molecule has 0 aliphatic heterocycles. The average Bonchev–Trinajstić information content (AvgIpc) is 3.16. The van der Waals surface area contributed by atoms with Gasteiger partial charge in [0.15, 0.2) is 0 Å². The summed E-state index contributed by atoms with van der Waals surface area (Å²) in [5.74, 6) is 9.08. The SMILES string of the molecule is CCC1C(CC)C2(O)CC(O)CC[C@]2(C)[C@@H]2CC[C@@]3(C)[C@@H](C(CC)C(CC)C3(O)C#CCOCc3ccccc3)[C@H]12. The van der Waals surface area contributed by atoms with Gasteiger partial charge in [-0.15, -0.1) is 0 Å². The van der Waals surface area contributed by atoms with Crippen molar-refractivity contribution in [3.63, 3.8) is 0 Å². The van der Waals surface area contributed by atoms with Gasteiger partial charge in [-0.1, -0.05) is 103 Å². The van der Waals surface area contributed by atoms with Gasteiger partial charge in [0.25, 0.3) is 0 Å². The third-order valence-corrected chi connectivity index (χ3v) is 13.3. The number of benzene rings is 1. The fourth-order valence-electron chi connectivity index (χ4n) is 11.6. The number of hydrogen-bond donors (Lipinski definition) is 3. The summed E-state index contributed by atoms with van der Waals surface area (Å²) >= 11 is 0. The summed E-state index contributed by atoms with van der Waals surface area (Å²) in [7, 11) is 0. The summed E-state index contributed by atoms with van der Waals surface area (Å²) in [6, 6.07) is 10.2. The van der Waals surface area contributed by atoms with Crippen LogP contribution in [-0.2, 0) is 11.3 Å². The van der Waals surface area contributed by atoms with Gasteiger partial charge in [-0.2, -0.15) is 0 Å². The van der Waals surface area contributed by atoms with Crippen molar-refractivity contribution >= 4 is 0 Å². The van der Waals surface area contributed by atoms with Crippen molar-refractivity contribution in [1.29, 1.82) is 0 Å². The smallest absolute Gasteiger partial charge is 0.134 e. The summed E-state index contributed by atoms with van der Waals surface area (Å²) in [6.07, 6.45) is 7.65. The molecule has 3 N–H and O–H groups in total. The number of ether oxygens (including phenoxy) is 1. The lowest BCUT2D eigenvalue weighted by atomic mass is 9.37. The van der Waals surface area contributed by atoms with Gasteiger partial charge >= 0.3 is 0 Å². The molecule has 41 heavy (non-hydrogen) atoms. The first-order valence-electron chi connectivity index (χ1n) is 16.8. The Bertz CT molecular complexity index is 1110. The first kappa shape index (κ1) is 31.1. The fraction of sp³-hybridized carbons (Fsp3) is 0.784. The van der Waals surface area contributed by atoms with Crippen LogP contribution in [0.25, 0.3) is 0 Å². The van der Waals surface area contributed by atoms with E-state index >= 15 is 0 Å². The zero-order chi connectivity index (χ0) is 29.6. The minimum absolute atomic E-state index is 0.127. The van der Waals surface area contributed by atoms with E-state index in [4.69, 9.17) is 4.74 Å². The van der Waals surface area contributed by atoms with Crippen LogP contribution in [0, 0.1) is 64.1 Å². The standard InChI is InChI=1S/C37H56O4/c1-7-27-29(9-3)37(40)23-26(38)17-20-34(37,5)31-18-21-35(6)33(32(27)31)28(8-2)30(10-4)36(35,39)19-14-22-41-24-25-15-12-11-13-16-25/h11-13,15-16,26-33,38-40H,7-10,17-18,20-24H2,1-6H3/t26?,27?,28?,29?,30?,31-,32-,33+,34-,35+,36?,37?/m1/s1. The highest BCUT2D eigenvalue weighted by molar-refractivity contribution is 5.31. The first-order chi connectivity index (χ1) is 19.6. The zero-order valence-corrected chi connectivity index (χ0v) is 26.5. The molecule has 4 nitrogen and oxygen atoms in total. The van der Waals surface area contributed by atoms with E-state index < -0.39 is 17.3 Å². The van der Waals surface area contributed by atoms with Crippen molar-refractivity contribution in [2.24, 2.45) is 52.3 Å². The van der Waals surface area contributed by atoms with Gasteiger partial charge in [0.1, 0.15) is 12.2 Å². The molecule has 1 aromatic carbocycles. The summed E-state index contributed by atoms with van der Waals surface area (Å²) in [5.41, 5.74) is -1.25. The van der Waals surface area contributed by atoms with Gasteiger partial charge in [0, 0.05) is 17.8 Å². The molecule has 4 saturated carbocycles. The molecule has 228 valence electrons. The fourth-order valence-corrected chi connectivity index (χ4v) is 11.6. The second-order valence-electron chi connectivity index (χ2n) is 14.6. The van der Waals surface area contributed by atoms with Crippen molar-refractivity contribution in [1.82, 2.24) is 0 Å². The van der Waals surface area contributed by atoms with Gasteiger partial charge < -0.3 is 20.1 Å². The topological polar surface area (TPSA) is 69.9 Å². The van der Waals surface area contributed by atoms with Gasteiger partial charge in [-0.3, -0.25) is 0 Å². The summed E-state index contributed by atoms with van der Waals surface area (Å²) < 4.78 is 5.92. The third kappa shape index (κ3) is 4.56. The average molecular weight is 565 g/mol. The van der Waals surface area contributed by atoms with Crippen molar-refractivity contribution in [3.05, 3.63) is 35.9 Å². The molecular weight excluding hydrogens is 508 g/mol. The van der Waals surface area contributed by atoms with Gasteiger partial charge in [0.05, 0.1) is 18.3 Å². The third-order valence-electron chi connectivity index (χ3n) is 13.3. The van der Waals surface area contributed by atoms with Crippen LogP contribution < -0.4 is 0 Å². The van der Waals surface area contributed by atoms with Crippen LogP contribution in [0.15, 0.2) is 30.3 Å². The summed E-state index contributed by atoms with van der Waals surface area (Å²) in [5, 5.41) is 36.1. The highest BCUT2D eigenvalue weighted by Gasteiger charge is 2.74. The highest BCUT2D eigenvalue weighted by atomic mass is 16.5. The van der Waals surface area contributed by atoms with E-state index in [1.807, 2.05) is 18.2 Å². The Balaban J connectivity index is 1.51.